The first-order chi connectivity index (χ1) is 14.1. The molecule has 0 aliphatic rings. The van der Waals surface area contributed by atoms with Gasteiger partial charge in [-0.25, -0.2) is 0 Å². The van der Waals surface area contributed by atoms with Crippen molar-refractivity contribution in [1.82, 2.24) is 0 Å². The maximum absolute atomic E-state index is 12.5. The van der Waals surface area contributed by atoms with Crippen LogP contribution in [0, 0.1) is 0 Å². The number of carbonyl (C=O) groups excluding carboxylic acids is 1. The standard InChI is InChI=1S/C23H17NO5/c1-27-20-8-4-5-9-21(20)28-16-12-10-15(11-13-16)24-23(26)22-14-18(25)17-6-2-3-7-19(17)29-22/h2-14H,1H3,(H,24,26). The lowest BCUT2D eigenvalue weighted by molar-refractivity contribution is 0.0997. The number of nitrogens with one attached hydrogen (secondary N) is 1. The maximum Gasteiger partial charge on any atom is 0.291 e. The Kier molecular flexibility index (Phi) is 4.99. The molecule has 0 saturated heterocycles. The fourth-order valence-electron chi connectivity index (χ4n) is 2.84. The Hall–Kier alpha value is -4.06. The summed E-state index contributed by atoms with van der Waals surface area (Å²) >= 11 is 0. The van der Waals surface area contributed by atoms with E-state index in [-0.39, 0.29) is 11.2 Å². The van der Waals surface area contributed by atoms with Gasteiger partial charge in [0.15, 0.2) is 22.7 Å². The van der Waals surface area contributed by atoms with Crippen molar-refractivity contribution in [3.05, 3.63) is 94.8 Å². The second-order valence-corrected chi connectivity index (χ2v) is 6.20. The predicted molar refractivity (Wildman–Crippen MR) is 110 cm³/mol. The number of carbonyl (C=O) groups is 1. The average Bonchev–Trinajstić information content (AvgIpc) is 2.75. The number of rotatable bonds is 5. The lowest BCUT2D eigenvalue weighted by atomic mass is 10.2. The minimum Gasteiger partial charge on any atom is -0.493 e. The summed E-state index contributed by atoms with van der Waals surface area (Å²) in [5, 5.41) is 3.14. The smallest absolute Gasteiger partial charge is 0.291 e. The summed E-state index contributed by atoms with van der Waals surface area (Å²) in [5.74, 6) is 1.24. The number of para-hydroxylation sites is 3. The molecule has 0 aliphatic carbocycles. The molecule has 0 aliphatic heterocycles. The summed E-state index contributed by atoms with van der Waals surface area (Å²) in [4.78, 5) is 24.6. The monoisotopic (exact) mass is 387 g/mol. The minimum absolute atomic E-state index is 0.0527. The van der Waals surface area contributed by atoms with Crippen LogP contribution in [0.15, 0.2) is 88.1 Å². The number of amides is 1. The van der Waals surface area contributed by atoms with Gasteiger partial charge in [-0.2, -0.15) is 0 Å². The van der Waals surface area contributed by atoms with Gasteiger partial charge in [0.1, 0.15) is 11.3 Å². The van der Waals surface area contributed by atoms with E-state index in [0.29, 0.717) is 33.9 Å². The lowest BCUT2D eigenvalue weighted by Gasteiger charge is -2.10. The molecule has 1 aromatic heterocycles. The summed E-state index contributed by atoms with van der Waals surface area (Å²) in [7, 11) is 1.58. The summed E-state index contributed by atoms with van der Waals surface area (Å²) in [5.41, 5.74) is 0.640. The Bertz CT molecular complexity index is 1230. The molecule has 4 rings (SSSR count). The molecule has 144 valence electrons. The minimum atomic E-state index is -0.508. The number of benzene rings is 3. The van der Waals surface area contributed by atoms with Gasteiger partial charge in [-0.15, -0.1) is 0 Å². The van der Waals surface area contributed by atoms with Crippen molar-refractivity contribution in [3.63, 3.8) is 0 Å². The predicted octanol–water partition coefficient (Wildman–Crippen LogP) is 4.85. The molecule has 29 heavy (non-hydrogen) atoms. The van der Waals surface area contributed by atoms with Crippen LogP contribution in [0.3, 0.4) is 0 Å². The number of anilines is 1. The van der Waals surface area contributed by atoms with Crippen LogP contribution in [0.4, 0.5) is 5.69 Å². The Morgan fingerprint density at radius 3 is 2.34 bits per heavy atom. The summed E-state index contributed by atoms with van der Waals surface area (Å²) in [6, 6.07) is 22.1. The normalized spacial score (nSPS) is 10.5. The number of ether oxygens (including phenoxy) is 2. The molecule has 0 atom stereocenters. The van der Waals surface area contributed by atoms with Gasteiger partial charge in [-0.05, 0) is 48.5 Å². The van der Waals surface area contributed by atoms with Crippen LogP contribution in [0.25, 0.3) is 11.0 Å². The van der Waals surface area contributed by atoms with Crippen molar-refractivity contribution in [2.24, 2.45) is 0 Å². The zero-order chi connectivity index (χ0) is 20.2. The van der Waals surface area contributed by atoms with Crippen molar-refractivity contribution in [1.29, 1.82) is 0 Å². The van der Waals surface area contributed by atoms with Gasteiger partial charge < -0.3 is 19.2 Å². The van der Waals surface area contributed by atoms with Crippen LogP contribution in [0.5, 0.6) is 17.2 Å². The fraction of sp³-hybridized carbons (Fsp3) is 0.0435. The highest BCUT2D eigenvalue weighted by molar-refractivity contribution is 6.03. The largest absolute Gasteiger partial charge is 0.493 e. The van der Waals surface area contributed by atoms with E-state index in [9.17, 15) is 9.59 Å². The Balaban J connectivity index is 1.50. The van der Waals surface area contributed by atoms with Crippen LogP contribution < -0.4 is 20.2 Å². The summed E-state index contributed by atoms with van der Waals surface area (Å²) in [6.45, 7) is 0. The van der Waals surface area contributed by atoms with Crippen molar-refractivity contribution < 1.29 is 18.7 Å². The first-order valence-corrected chi connectivity index (χ1v) is 8.89. The van der Waals surface area contributed by atoms with Crippen LogP contribution in [-0.4, -0.2) is 13.0 Å². The zero-order valence-corrected chi connectivity index (χ0v) is 15.5. The lowest BCUT2D eigenvalue weighted by Crippen LogP contribution is -2.14. The number of hydrogen-bond acceptors (Lipinski definition) is 5. The average molecular weight is 387 g/mol. The van der Waals surface area contributed by atoms with E-state index < -0.39 is 5.91 Å². The van der Waals surface area contributed by atoms with E-state index in [2.05, 4.69) is 5.32 Å². The van der Waals surface area contributed by atoms with Gasteiger partial charge in [0, 0.05) is 11.8 Å². The molecule has 0 unspecified atom stereocenters. The third-order valence-electron chi connectivity index (χ3n) is 4.27. The highest BCUT2D eigenvalue weighted by atomic mass is 16.5. The molecule has 4 aromatic rings. The molecule has 0 spiro atoms. The third-order valence-corrected chi connectivity index (χ3v) is 4.27. The van der Waals surface area contributed by atoms with Crippen LogP contribution >= 0.6 is 0 Å². The number of methoxy groups -OCH3 is 1. The van der Waals surface area contributed by atoms with Gasteiger partial charge in [0.2, 0.25) is 0 Å². The van der Waals surface area contributed by atoms with E-state index in [1.165, 1.54) is 6.07 Å². The van der Waals surface area contributed by atoms with Crippen molar-refractivity contribution in [2.75, 3.05) is 12.4 Å². The molecular formula is C23H17NO5. The van der Waals surface area contributed by atoms with Crippen molar-refractivity contribution >= 4 is 22.6 Å². The highest BCUT2D eigenvalue weighted by Crippen LogP contribution is 2.31. The third kappa shape index (κ3) is 3.96. The SMILES string of the molecule is COc1ccccc1Oc1ccc(NC(=O)c2cc(=O)c3ccccc3o2)cc1. The molecule has 1 heterocycles. The van der Waals surface area contributed by atoms with E-state index in [0.717, 1.165) is 0 Å². The molecule has 0 radical (unpaired) electrons. The molecule has 1 amide bonds. The Labute approximate surface area is 166 Å². The first-order valence-electron chi connectivity index (χ1n) is 8.89. The van der Waals surface area contributed by atoms with Crippen molar-refractivity contribution in [3.8, 4) is 17.2 Å². The maximum atomic E-state index is 12.5. The van der Waals surface area contributed by atoms with E-state index >= 15 is 0 Å². The summed E-state index contributed by atoms with van der Waals surface area (Å²) in [6.07, 6.45) is 0. The van der Waals surface area contributed by atoms with E-state index in [1.807, 2.05) is 12.1 Å². The van der Waals surface area contributed by atoms with Crippen LogP contribution in [-0.2, 0) is 0 Å². The van der Waals surface area contributed by atoms with Crippen molar-refractivity contribution in [2.45, 2.75) is 0 Å². The van der Waals surface area contributed by atoms with Gasteiger partial charge in [-0.1, -0.05) is 24.3 Å². The highest BCUT2D eigenvalue weighted by Gasteiger charge is 2.13. The van der Waals surface area contributed by atoms with Gasteiger partial charge >= 0.3 is 0 Å². The van der Waals surface area contributed by atoms with Gasteiger partial charge in [0.25, 0.3) is 5.91 Å². The molecule has 3 aromatic carbocycles. The van der Waals surface area contributed by atoms with E-state index in [4.69, 9.17) is 13.9 Å². The molecular weight excluding hydrogens is 370 g/mol. The number of hydrogen-bond donors (Lipinski definition) is 1. The number of fused-ring (bicyclic) bond motifs is 1. The van der Waals surface area contributed by atoms with Crippen LogP contribution in [0.1, 0.15) is 10.6 Å². The molecule has 1 N–H and O–H groups in total. The van der Waals surface area contributed by atoms with Gasteiger partial charge in [0.05, 0.1) is 12.5 Å². The Morgan fingerprint density at radius 2 is 1.59 bits per heavy atom. The second kappa shape index (κ2) is 7.90. The zero-order valence-electron chi connectivity index (χ0n) is 15.5. The van der Waals surface area contributed by atoms with Gasteiger partial charge in [-0.3, -0.25) is 9.59 Å². The molecule has 0 fully saturated rings. The molecule has 6 heteroatoms. The molecule has 0 bridgehead atoms. The first kappa shape index (κ1) is 18.3. The Morgan fingerprint density at radius 1 is 0.897 bits per heavy atom. The topological polar surface area (TPSA) is 77.8 Å². The summed E-state index contributed by atoms with van der Waals surface area (Å²) < 4.78 is 16.6. The van der Waals surface area contributed by atoms with E-state index in [1.54, 1.807) is 67.8 Å². The van der Waals surface area contributed by atoms with Crippen LogP contribution in [0.2, 0.25) is 0 Å². The molecule has 0 saturated carbocycles. The fourth-order valence-corrected chi connectivity index (χ4v) is 2.84. The molecule has 6 nitrogen and oxygen atoms in total. The second-order valence-electron chi connectivity index (χ2n) is 6.20. The quantitative estimate of drug-likeness (QED) is 0.530.